The molecule has 1 heterocycles. The van der Waals surface area contributed by atoms with E-state index in [1.54, 1.807) is 0 Å². The second-order valence-electron chi connectivity index (χ2n) is 9.71. The van der Waals surface area contributed by atoms with Crippen LogP contribution in [-0.2, 0) is 22.6 Å². The summed E-state index contributed by atoms with van der Waals surface area (Å²) in [7, 11) is 0. The fourth-order valence-electron chi connectivity index (χ4n) is 4.46. The van der Waals surface area contributed by atoms with E-state index in [1.165, 1.54) is 11.1 Å². The molecule has 0 fully saturated rings. The predicted molar refractivity (Wildman–Crippen MR) is 143 cm³/mol. The summed E-state index contributed by atoms with van der Waals surface area (Å²) in [6.07, 6.45) is 1.52. The summed E-state index contributed by atoms with van der Waals surface area (Å²) in [6, 6.07) is 22.5. The Morgan fingerprint density at radius 3 is 2.46 bits per heavy atom. The summed E-state index contributed by atoms with van der Waals surface area (Å²) in [5, 5.41) is 4.27. The monoisotopic (exact) mass is 493 g/mol. The number of ether oxygens (including phenoxy) is 3. The van der Waals surface area contributed by atoms with Crippen molar-refractivity contribution >= 4 is 17.3 Å². The van der Waals surface area contributed by atoms with Crippen molar-refractivity contribution in [2.75, 3.05) is 11.9 Å². The molecule has 4 rings (SSSR count). The fourth-order valence-corrected chi connectivity index (χ4v) is 4.65. The van der Waals surface area contributed by atoms with E-state index in [1.807, 2.05) is 30.3 Å². The van der Waals surface area contributed by atoms with Crippen LogP contribution in [-0.4, -0.2) is 18.3 Å². The molecule has 1 N–H and O–H groups in total. The maximum absolute atomic E-state index is 6.50. The number of hydrogen-bond donors (Lipinski definition) is 1. The van der Waals surface area contributed by atoms with E-state index in [0.717, 1.165) is 42.0 Å². The van der Waals surface area contributed by atoms with E-state index in [9.17, 15) is 0 Å². The largest absolute Gasteiger partial charge is 0.485 e. The Kier molecular flexibility index (Phi) is 8.38. The van der Waals surface area contributed by atoms with Crippen LogP contribution in [0.3, 0.4) is 0 Å². The normalized spacial score (nSPS) is 18.5. The van der Waals surface area contributed by atoms with Gasteiger partial charge >= 0.3 is 0 Å². The van der Waals surface area contributed by atoms with Gasteiger partial charge in [-0.05, 0) is 68.1 Å². The molecular weight excluding hydrogens is 458 g/mol. The number of fused-ring (bicyclic) bond motifs is 1. The molecule has 1 aliphatic heterocycles. The molecule has 0 aliphatic carbocycles. The van der Waals surface area contributed by atoms with Crippen molar-refractivity contribution in [2.24, 2.45) is 0 Å². The van der Waals surface area contributed by atoms with Gasteiger partial charge in [0.1, 0.15) is 23.6 Å². The molecule has 3 aromatic rings. The highest BCUT2D eigenvalue weighted by Gasteiger charge is 2.45. The topological polar surface area (TPSA) is 39.7 Å². The lowest BCUT2D eigenvalue weighted by atomic mass is 9.87. The van der Waals surface area contributed by atoms with E-state index in [0.29, 0.717) is 18.2 Å². The number of nitrogens with one attached hydrogen (secondary N) is 1. The molecule has 35 heavy (non-hydrogen) atoms. The number of benzene rings is 3. The first-order valence-electron chi connectivity index (χ1n) is 12.5. The molecule has 2 unspecified atom stereocenters. The lowest BCUT2D eigenvalue weighted by Gasteiger charge is -2.44. The number of unbranched alkanes of at least 4 members (excludes halogenated alkanes) is 1. The van der Waals surface area contributed by atoms with Crippen LogP contribution < -0.4 is 10.1 Å². The van der Waals surface area contributed by atoms with E-state index < -0.39 is 5.60 Å². The van der Waals surface area contributed by atoms with Crippen molar-refractivity contribution in [1.29, 1.82) is 0 Å². The Labute approximate surface area is 214 Å². The zero-order chi connectivity index (χ0) is 24.8. The first kappa shape index (κ1) is 25.6. The van der Waals surface area contributed by atoms with Gasteiger partial charge in [-0.1, -0.05) is 67.4 Å². The average Bonchev–Trinajstić information content (AvgIpc) is 2.84. The van der Waals surface area contributed by atoms with Crippen LogP contribution in [0, 0.1) is 6.92 Å². The Hall–Kier alpha value is -2.53. The summed E-state index contributed by atoms with van der Waals surface area (Å²) in [6.45, 7) is 10.3. The van der Waals surface area contributed by atoms with Gasteiger partial charge in [-0.25, -0.2) is 0 Å². The average molecular weight is 494 g/mol. The van der Waals surface area contributed by atoms with Crippen LogP contribution in [0.2, 0.25) is 5.02 Å². The Morgan fingerprint density at radius 2 is 1.71 bits per heavy atom. The zero-order valence-electron chi connectivity index (χ0n) is 21.1. The van der Waals surface area contributed by atoms with Crippen molar-refractivity contribution in [2.45, 2.75) is 71.5 Å². The molecule has 3 aromatic carbocycles. The lowest BCUT2D eigenvalue weighted by molar-refractivity contribution is -0.167. The lowest BCUT2D eigenvalue weighted by Crippen LogP contribution is -2.51. The number of anilines is 1. The van der Waals surface area contributed by atoms with Crippen LogP contribution in [0.4, 0.5) is 5.69 Å². The molecule has 0 amide bonds. The molecule has 4 nitrogen and oxygen atoms in total. The summed E-state index contributed by atoms with van der Waals surface area (Å²) in [5.41, 5.74) is 4.98. The van der Waals surface area contributed by atoms with Crippen molar-refractivity contribution in [3.8, 4) is 5.75 Å². The smallest absolute Gasteiger partial charge is 0.132 e. The van der Waals surface area contributed by atoms with Gasteiger partial charge in [0.15, 0.2) is 0 Å². The van der Waals surface area contributed by atoms with Gasteiger partial charge in [0, 0.05) is 29.4 Å². The third-order valence-corrected chi connectivity index (χ3v) is 6.93. The van der Waals surface area contributed by atoms with Crippen molar-refractivity contribution in [3.05, 3.63) is 94.0 Å². The molecule has 5 heteroatoms. The molecule has 0 spiro atoms. The van der Waals surface area contributed by atoms with Gasteiger partial charge in [0.05, 0.1) is 6.61 Å². The molecular formula is C30H36ClNO3. The number of halogens is 1. The Morgan fingerprint density at radius 1 is 0.971 bits per heavy atom. The van der Waals surface area contributed by atoms with Crippen molar-refractivity contribution in [3.63, 3.8) is 0 Å². The predicted octanol–water partition coefficient (Wildman–Crippen LogP) is 7.87. The Bertz CT molecular complexity index is 1130. The van der Waals surface area contributed by atoms with Gasteiger partial charge in [0.2, 0.25) is 0 Å². The minimum atomic E-state index is -0.568. The van der Waals surface area contributed by atoms with Crippen LogP contribution in [0.15, 0.2) is 66.7 Å². The number of aryl methyl sites for hydroxylation is 1. The summed E-state index contributed by atoms with van der Waals surface area (Å²) in [5.74, 6) is 0.843. The maximum Gasteiger partial charge on any atom is 0.132 e. The van der Waals surface area contributed by atoms with Crippen LogP contribution >= 0.6 is 11.6 Å². The standard InChI is InChI=1S/C30H36ClNO3/c1-5-6-17-33-28-25-18-24(32-19-22-12-8-7-11-21(22)2)15-16-27(25)35-30(3,4)29(28)34-20-23-13-9-10-14-26(23)31/h7-16,18,28-29,32H,5-6,17,19-20H2,1-4H3. The third kappa shape index (κ3) is 6.19. The third-order valence-electron chi connectivity index (χ3n) is 6.57. The minimum absolute atomic E-state index is 0.247. The van der Waals surface area contributed by atoms with Gasteiger partial charge in [0.25, 0.3) is 0 Å². The second-order valence-corrected chi connectivity index (χ2v) is 10.1. The first-order chi connectivity index (χ1) is 16.9. The molecule has 0 aromatic heterocycles. The summed E-state index contributed by atoms with van der Waals surface area (Å²) in [4.78, 5) is 0. The molecule has 0 radical (unpaired) electrons. The highest BCUT2D eigenvalue weighted by Crippen LogP contribution is 2.45. The van der Waals surface area contributed by atoms with Gasteiger partial charge in [-0.2, -0.15) is 0 Å². The summed E-state index contributed by atoms with van der Waals surface area (Å²) < 4.78 is 19.4. The minimum Gasteiger partial charge on any atom is -0.485 e. The van der Waals surface area contributed by atoms with Crippen LogP contribution in [0.5, 0.6) is 5.75 Å². The van der Waals surface area contributed by atoms with Crippen LogP contribution in [0.25, 0.3) is 0 Å². The van der Waals surface area contributed by atoms with Gasteiger partial charge in [-0.3, -0.25) is 0 Å². The maximum atomic E-state index is 6.50. The molecule has 1 aliphatic rings. The molecule has 0 saturated carbocycles. The SMILES string of the molecule is CCCCOC1c2cc(NCc3ccccc3C)ccc2OC(C)(C)C1OCc1ccccc1Cl. The van der Waals surface area contributed by atoms with E-state index in [-0.39, 0.29) is 12.2 Å². The van der Waals surface area contributed by atoms with E-state index in [4.69, 9.17) is 25.8 Å². The fraction of sp³-hybridized carbons (Fsp3) is 0.400. The molecule has 0 saturated heterocycles. The highest BCUT2D eigenvalue weighted by molar-refractivity contribution is 6.31. The van der Waals surface area contributed by atoms with Gasteiger partial charge in [-0.15, -0.1) is 0 Å². The van der Waals surface area contributed by atoms with E-state index in [2.05, 4.69) is 69.4 Å². The number of hydrogen-bond acceptors (Lipinski definition) is 4. The molecule has 0 bridgehead atoms. The summed E-state index contributed by atoms with van der Waals surface area (Å²) >= 11 is 6.40. The van der Waals surface area contributed by atoms with Crippen LogP contribution in [0.1, 0.15) is 62.0 Å². The quantitative estimate of drug-likeness (QED) is 0.291. The van der Waals surface area contributed by atoms with E-state index >= 15 is 0 Å². The first-order valence-corrected chi connectivity index (χ1v) is 12.8. The van der Waals surface area contributed by atoms with Gasteiger partial charge < -0.3 is 19.5 Å². The second kappa shape index (κ2) is 11.5. The Balaban J connectivity index is 1.59. The highest BCUT2D eigenvalue weighted by atomic mass is 35.5. The molecule has 2 atom stereocenters. The van der Waals surface area contributed by atoms with Crippen molar-refractivity contribution in [1.82, 2.24) is 0 Å². The number of rotatable bonds is 10. The van der Waals surface area contributed by atoms with Crippen molar-refractivity contribution < 1.29 is 14.2 Å². The molecule has 186 valence electrons. The zero-order valence-corrected chi connectivity index (χ0v) is 21.9.